The molecule has 2 aromatic heterocycles. The van der Waals surface area contributed by atoms with E-state index >= 15 is 0 Å². The Labute approximate surface area is 180 Å². The van der Waals surface area contributed by atoms with Crippen molar-refractivity contribution in [1.29, 1.82) is 0 Å². The lowest BCUT2D eigenvalue weighted by Gasteiger charge is -2.01. The van der Waals surface area contributed by atoms with E-state index in [1.54, 1.807) is 18.2 Å². The van der Waals surface area contributed by atoms with Crippen LogP contribution in [-0.2, 0) is 0 Å². The van der Waals surface area contributed by atoms with Gasteiger partial charge in [-0.3, -0.25) is 9.89 Å². The molecule has 6 nitrogen and oxygen atoms in total. The average Bonchev–Trinajstić information content (AvgIpc) is 3.26. The number of H-pyrrole nitrogens is 1. The van der Waals surface area contributed by atoms with Gasteiger partial charge in [0, 0.05) is 22.5 Å². The van der Waals surface area contributed by atoms with Crippen LogP contribution in [0, 0.1) is 13.8 Å². The average molecular weight is 444 g/mol. The second-order valence-corrected chi connectivity index (χ2v) is 8.20. The standard InChI is InChI=1S/C20H15Cl2N5OS/c1-11-3-6-14(7-4-11)27-19(28)16(12(2)26-27)10-23-20-25-24-18(29-20)15-8-5-13(21)9-17(15)22/h3-10,26H,1-2H3. The van der Waals surface area contributed by atoms with Gasteiger partial charge < -0.3 is 0 Å². The maximum Gasteiger partial charge on any atom is 0.280 e. The lowest BCUT2D eigenvalue weighted by atomic mass is 10.2. The van der Waals surface area contributed by atoms with Gasteiger partial charge in [-0.1, -0.05) is 52.2 Å². The highest BCUT2D eigenvalue weighted by Gasteiger charge is 2.13. The van der Waals surface area contributed by atoms with Crippen molar-refractivity contribution in [3.05, 3.63) is 79.7 Å². The number of aromatic amines is 1. The smallest absolute Gasteiger partial charge is 0.280 e. The second-order valence-electron chi connectivity index (χ2n) is 6.40. The Morgan fingerprint density at radius 2 is 1.86 bits per heavy atom. The van der Waals surface area contributed by atoms with Gasteiger partial charge in [-0.25, -0.2) is 9.67 Å². The SMILES string of the molecule is Cc1ccc(-n2[nH]c(C)c(C=Nc3nnc(-c4ccc(Cl)cc4Cl)s3)c2=O)cc1. The highest BCUT2D eigenvalue weighted by molar-refractivity contribution is 7.18. The number of halogens is 2. The Morgan fingerprint density at radius 1 is 1.10 bits per heavy atom. The number of aryl methyl sites for hydroxylation is 2. The maximum atomic E-state index is 12.8. The number of hydrogen-bond acceptors (Lipinski definition) is 5. The summed E-state index contributed by atoms with van der Waals surface area (Å²) in [6, 6.07) is 12.9. The second kappa shape index (κ2) is 7.94. The molecule has 0 fully saturated rings. The monoisotopic (exact) mass is 443 g/mol. The van der Waals surface area contributed by atoms with E-state index in [4.69, 9.17) is 23.2 Å². The molecule has 0 aliphatic rings. The lowest BCUT2D eigenvalue weighted by molar-refractivity contribution is 0.835. The van der Waals surface area contributed by atoms with Crippen molar-refractivity contribution in [2.24, 2.45) is 4.99 Å². The molecular weight excluding hydrogens is 429 g/mol. The van der Waals surface area contributed by atoms with Crippen molar-refractivity contribution < 1.29 is 0 Å². The molecule has 0 spiro atoms. The van der Waals surface area contributed by atoms with Crippen molar-refractivity contribution in [3.63, 3.8) is 0 Å². The summed E-state index contributed by atoms with van der Waals surface area (Å²) >= 11 is 13.4. The molecule has 0 radical (unpaired) electrons. The Morgan fingerprint density at radius 3 is 2.59 bits per heavy atom. The van der Waals surface area contributed by atoms with Gasteiger partial charge in [-0.15, -0.1) is 10.2 Å². The van der Waals surface area contributed by atoms with E-state index in [0.29, 0.717) is 31.4 Å². The lowest BCUT2D eigenvalue weighted by Crippen LogP contribution is -2.17. The zero-order valence-electron chi connectivity index (χ0n) is 15.5. The molecule has 9 heteroatoms. The van der Waals surface area contributed by atoms with Crippen LogP contribution in [0.4, 0.5) is 5.13 Å². The molecule has 0 saturated carbocycles. The fourth-order valence-electron chi connectivity index (χ4n) is 2.75. The first-order valence-corrected chi connectivity index (χ1v) is 10.2. The van der Waals surface area contributed by atoms with Crippen molar-refractivity contribution in [2.45, 2.75) is 13.8 Å². The Bertz CT molecular complexity index is 1270. The van der Waals surface area contributed by atoms with Gasteiger partial charge in [0.15, 0.2) is 5.01 Å². The topological polar surface area (TPSA) is 75.9 Å². The Balaban J connectivity index is 1.63. The van der Waals surface area contributed by atoms with Gasteiger partial charge in [0.25, 0.3) is 5.56 Å². The van der Waals surface area contributed by atoms with E-state index in [1.165, 1.54) is 22.2 Å². The van der Waals surface area contributed by atoms with Gasteiger partial charge in [-0.2, -0.15) is 0 Å². The first-order chi connectivity index (χ1) is 13.9. The van der Waals surface area contributed by atoms with Crippen LogP contribution >= 0.6 is 34.5 Å². The summed E-state index contributed by atoms with van der Waals surface area (Å²) in [7, 11) is 0. The van der Waals surface area contributed by atoms with Gasteiger partial charge in [0.1, 0.15) is 0 Å². The van der Waals surface area contributed by atoms with Crippen molar-refractivity contribution in [2.75, 3.05) is 0 Å². The number of benzene rings is 2. The van der Waals surface area contributed by atoms with Crippen LogP contribution in [0.25, 0.3) is 16.3 Å². The fraction of sp³-hybridized carbons (Fsp3) is 0.100. The molecule has 0 bridgehead atoms. The van der Waals surface area contributed by atoms with Gasteiger partial charge in [-0.05, 0) is 44.2 Å². The van der Waals surface area contributed by atoms with Crippen LogP contribution in [-0.4, -0.2) is 26.2 Å². The van der Waals surface area contributed by atoms with Crippen LogP contribution in [0.2, 0.25) is 10.0 Å². The Hall–Kier alpha value is -2.74. The molecular formula is C20H15Cl2N5OS. The molecule has 0 unspecified atom stereocenters. The minimum atomic E-state index is -0.180. The molecule has 29 heavy (non-hydrogen) atoms. The highest BCUT2D eigenvalue weighted by Crippen LogP contribution is 2.34. The summed E-state index contributed by atoms with van der Waals surface area (Å²) in [4.78, 5) is 17.1. The minimum Gasteiger partial charge on any atom is -0.295 e. The molecule has 0 amide bonds. The summed E-state index contributed by atoms with van der Waals surface area (Å²) < 4.78 is 1.50. The van der Waals surface area contributed by atoms with E-state index in [2.05, 4.69) is 20.3 Å². The van der Waals surface area contributed by atoms with E-state index < -0.39 is 0 Å². The zero-order chi connectivity index (χ0) is 20.5. The molecule has 4 rings (SSSR count). The largest absolute Gasteiger partial charge is 0.295 e. The van der Waals surface area contributed by atoms with Crippen LogP contribution in [0.1, 0.15) is 16.8 Å². The third-order valence-electron chi connectivity index (χ3n) is 4.29. The fourth-order valence-corrected chi connectivity index (χ4v) is 4.03. The quantitative estimate of drug-likeness (QED) is 0.431. The molecule has 0 aliphatic carbocycles. The first-order valence-electron chi connectivity index (χ1n) is 8.64. The van der Waals surface area contributed by atoms with Crippen molar-refractivity contribution in [3.8, 4) is 16.3 Å². The molecule has 2 heterocycles. The van der Waals surface area contributed by atoms with Gasteiger partial charge >= 0.3 is 0 Å². The predicted molar refractivity (Wildman–Crippen MR) is 118 cm³/mol. The third-order valence-corrected chi connectivity index (χ3v) is 5.70. The molecule has 1 N–H and O–H groups in total. The number of nitrogens with one attached hydrogen (secondary N) is 1. The molecule has 4 aromatic rings. The van der Waals surface area contributed by atoms with E-state index in [9.17, 15) is 4.79 Å². The normalized spacial score (nSPS) is 11.4. The molecule has 146 valence electrons. The maximum absolute atomic E-state index is 12.8. The van der Waals surface area contributed by atoms with Crippen LogP contribution < -0.4 is 5.56 Å². The number of aromatic nitrogens is 4. The predicted octanol–water partition coefficient (Wildman–Crippen LogP) is 5.36. The number of rotatable bonds is 4. The van der Waals surface area contributed by atoms with Crippen molar-refractivity contribution >= 4 is 45.9 Å². The van der Waals surface area contributed by atoms with E-state index in [-0.39, 0.29) is 5.56 Å². The van der Waals surface area contributed by atoms with E-state index in [0.717, 1.165) is 16.8 Å². The molecule has 2 aromatic carbocycles. The Kier molecular flexibility index (Phi) is 5.36. The van der Waals surface area contributed by atoms with E-state index in [1.807, 2.05) is 38.1 Å². The highest BCUT2D eigenvalue weighted by atomic mass is 35.5. The number of nitrogens with zero attached hydrogens (tertiary/aromatic N) is 4. The van der Waals surface area contributed by atoms with Crippen LogP contribution in [0.5, 0.6) is 0 Å². The number of hydrogen-bond donors (Lipinski definition) is 1. The van der Waals surface area contributed by atoms with Gasteiger partial charge in [0.05, 0.1) is 16.3 Å². The molecule has 0 aliphatic heterocycles. The summed E-state index contributed by atoms with van der Waals surface area (Å²) in [5.41, 5.74) is 3.62. The summed E-state index contributed by atoms with van der Waals surface area (Å²) in [6.07, 6.45) is 1.51. The molecule has 0 saturated heterocycles. The summed E-state index contributed by atoms with van der Waals surface area (Å²) in [5, 5.41) is 13.4. The van der Waals surface area contributed by atoms with Crippen LogP contribution in [0.15, 0.2) is 52.3 Å². The first kappa shape index (κ1) is 19.6. The molecule has 0 atom stereocenters. The van der Waals surface area contributed by atoms with Crippen LogP contribution in [0.3, 0.4) is 0 Å². The summed E-state index contributed by atoms with van der Waals surface area (Å²) in [5.74, 6) is 0. The number of aliphatic imine (C=N–C) groups is 1. The van der Waals surface area contributed by atoms with Gasteiger partial charge in [0.2, 0.25) is 5.13 Å². The summed E-state index contributed by atoms with van der Waals surface area (Å²) in [6.45, 7) is 3.82. The zero-order valence-corrected chi connectivity index (χ0v) is 17.8. The minimum absolute atomic E-state index is 0.180. The van der Waals surface area contributed by atoms with Crippen molar-refractivity contribution in [1.82, 2.24) is 20.0 Å². The third kappa shape index (κ3) is 4.03.